The van der Waals surface area contributed by atoms with Crippen LogP contribution in [0.4, 0.5) is 0 Å². The van der Waals surface area contributed by atoms with E-state index in [1.54, 1.807) is 0 Å². The van der Waals surface area contributed by atoms with Crippen molar-refractivity contribution in [1.82, 2.24) is 5.32 Å². The molecule has 2 heteroatoms. The normalized spacial score (nSPS) is 19.5. The van der Waals surface area contributed by atoms with Crippen LogP contribution in [-0.2, 0) is 5.41 Å². The molecule has 0 aromatic heterocycles. The Balaban J connectivity index is 2.24. The van der Waals surface area contributed by atoms with Crippen LogP contribution in [0.3, 0.4) is 0 Å². The van der Waals surface area contributed by atoms with Crippen molar-refractivity contribution in [2.75, 3.05) is 19.6 Å². The van der Waals surface area contributed by atoms with E-state index in [0.717, 1.165) is 32.5 Å². The van der Waals surface area contributed by atoms with Gasteiger partial charge in [-0.05, 0) is 43.0 Å². The fourth-order valence-electron chi connectivity index (χ4n) is 2.74. The molecule has 3 N–H and O–H groups in total. The molecule has 1 aliphatic heterocycles. The standard InChI is InChI=1S/C15H24N2/c1-12(2)13-3-5-14(6-4-13)15(11-16)7-9-17-10-8-15/h3-6,12,17H,7-11,16H2,1-2H3. The molecule has 2 nitrogen and oxygen atoms in total. The lowest BCUT2D eigenvalue weighted by Gasteiger charge is -2.37. The number of hydrogen-bond donors (Lipinski definition) is 2. The van der Waals surface area contributed by atoms with Crippen LogP contribution in [0.1, 0.15) is 43.7 Å². The fourth-order valence-corrected chi connectivity index (χ4v) is 2.74. The number of piperidine rings is 1. The molecule has 0 aliphatic carbocycles. The van der Waals surface area contributed by atoms with Crippen LogP contribution in [-0.4, -0.2) is 19.6 Å². The SMILES string of the molecule is CC(C)c1ccc(C2(CN)CCNCC2)cc1. The lowest BCUT2D eigenvalue weighted by molar-refractivity contribution is 0.315. The average molecular weight is 232 g/mol. The molecule has 1 aromatic rings. The molecule has 94 valence electrons. The third-order valence-corrected chi connectivity index (χ3v) is 4.14. The first-order valence-electron chi connectivity index (χ1n) is 6.69. The van der Waals surface area contributed by atoms with Crippen LogP contribution in [0.5, 0.6) is 0 Å². The molecule has 1 aromatic carbocycles. The van der Waals surface area contributed by atoms with Crippen LogP contribution < -0.4 is 11.1 Å². The summed E-state index contributed by atoms with van der Waals surface area (Å²) in [5.41, 5.74) is 9.08. The van der Waals surface area contributed by atoms with Crippen LogP contribution in [0.25, 0.3) is 0 Å². The summed E-state index contributed by atoms with van der Waals surface area (Å²) in [6.07, 6.45) is 2.31. The summed E-state index contributed by atoms with van der Waals surface area (Å²) in [6, 6.07) is 9.10. The molecule has 1 aliphatic rings. The summed E-state index contributed by atoms with van der Waals surface area (Å²) in [7, 11) is 0. The lowest BCUT2D eigenvalue weighted by Crippen LogP contribution is -2.44. The van der Waals surface area contributed by atoms with Gasteiger partial charge in [0.2, 0.25) is 0 Å². The zero-order valence-electron chi connectivity index (χ0n) is 11.0. The van der Waals surface area contributed by atoms with Gasteiger partial charge in [0.25, 0.3) is 0 Å². The maximum absolute atomic E-state index is 6.04. The monoisotopic (exact) mass is 232 g/mol. The molecular weight excluding hydrogens is 208 g/mol. The summed E-state index contributed by atoms with van der Waals surface area (Å²) in [5, 5.41) is 3.42. The molecule has 0 atom stereocenters. The van der Waals surface area contributed by atoms with E-state index >= 15 is 0 Å². The van der Waals surface area contributed by atoms with Crippen molar-refractivity contribution in [2.45, 2.75) is 38.0 Å². The predicted molar refractivity (Wildman–Crippen MR) is 73.4 cm³/mol. The van der Waals surface area contributed by atoms with Gasteiger partial charge in [-0.2, -0.15) is 0 Å². The van der Waals surface area contributed by atoms with E-state index in [-0.39, 0.29) is 5.41 Å². The Labute approximate surface area is 105 Å². The number of rotatable bonds is 3. The van der Waals surface area contributed by atoms with E-state index in [4.69, 9.17) is 5.73 Å². The second-order valence-electron chi connectivity index (χ2n) is 5.51. The maximum atomic E-state index is 6.04. The van der Waals surface area contributed by atoms with Gasteiger partial charge in [0, 0.05) is 12.0 Å². The Bertz CT molecular complexity index is 348. The van der Waals surface area contributed by atoms with Crippen LogP contribution in [0, 0.1) is 0 Å². The molecule has 17 heavy (non-hydrogen) atoms. The first kappa shape index (κ1) is 12.6. The summed E-state index contributed by atoms with van der Waals surface area (Å²) in [4.78, 5) is 0. The van der Waals surface area contributed by atoms with E-state index in [0.29, 0.717) is 5.92 Å². The number of hydrogen-bond acceptors (Lipinski definition) is 2. The molecule has 0 spiro atoms. The van der Waals surface area contributed by atoms with Crippen molar-refractivity contribution >= 4 is 0 Å². The molecular formula is C15H24N2. The maximum Gasteiger partial charge on any atom is 0.00996 e. The van der Waals surface area contributed by atoms with Gasteiger partial charge in [0.1, 0.15) is 0 Å². The minimum absolute atomic E-state index is 0.209. The third-order valence-electron chi connectivity index (χ3n) is 4.14. The Hall–Kier alpha value is -0.860. The highest BCUT2D eigenvalue weighted by Gasteiger charge is 2.32. The largest absolute Gasteiger partial charge is 0.330 e. The average Bonchev–Trinajstić information content (AvgIpc) is 2.39. The third kappa shape index (κ3) is 2.53. The van der Waals surface area contributed by atoms with Crippen molar-refractivity contribution in [3.05, 3.63) is 35.4 Å². The molecule has 1 fully saturated rings. The van der Waals surface area contributed by atoms with E-state index in [2.05, 4.69) is 43.4 Å². The van der Waals surface area contributed by atoms with Gasteiger partial charge in [-0.25, -0.2) is 0 Å². The van der Waals surface area contributed by atoms with E-state index in [1.807, 2.05) is 0 Å². The number of nitrogens with two attached hydrogens (primary N) is 1. The van der Waals surface area contributed by atoms with E-state index in [1.165, 1.54) is 11.1 Å². The van der Waals surface area contributed by atoms with Crippen molar-refractivity contribution in [3.63, 3.8) is 0 Å². The van der Waals surface area contributed by atoms with Gasteiger partial charge in [-0.1, -0.05) is 38.1 Å². The minimum atomic E-state index is 0.209. The van der Waals surface area contributed by atoms with Gasteiger partial charge >= 0.3 is 0 Å². The van der Waals surface area contributed by atoms with Crippen LogP contribution in [0.15, 0.2) is 24.3 Å². The fraction of sp³-hybridized carbons (Fsp3) is 0.600. The highest BCUT2D eigenvalue weighted by molar-refractivity contribution is 5.31. The van der Waals surface area contributed by atoms with Crippen molar-refractivity contribution in [2.24, 2.45) is 5.73 Å². The summed E-state index contributed by atoms with van der Waals surface area (Å²) in [6.45, 7) is 7.40. The first-order valence-corrected chi connectivity index (χ1v) is 6.69. The van der Waals surface area contributed by atoms with Gasteiger partial charge in [-0.15, -0.1) is 0 Å². The summed E-state index contributed by atoms with van der Waals surface area (Å²) < 4.78 is 0. The highest BCUT2D eigenvalue weighted by atomic mass is 14.9. The molecule has 1 heterocycles. The van der Waals surface area contributed by atoms with Crippen molar-refractivity contribution < 1.29 is 0 Å². The van der Waals surface area contributed by atoms with Crippen LogP contribution in [0.2, 0.25) is 0 Å². The van der Waals surface area contributed by atoms with Crippen molar-refractivity contribution in [1.29, 1.82) is 0 Å². The highest BCUT2D eigenvalue weighted by Crippen LogP contribution is 2.33. The first-order chi connectivity index (χ1) is 8.18. The van der Waals surface area contributed by atoms with Gasteiger partial charge < -0.3 is 11.1 Å². The van der Waals surface area contributed by atoms with E-state index in [9.17, 15) is 0 Å². The zero-order valence-corrected chi connectivity index (χ0v) is 11.0. The van der Waals surface area contributed by atoms with Gasteiger partial charge in [0.05, 0.1) is 0 Å². The minimum Gasteiger partial charge on any atom is -0.330 e. The number of benzene rings is 1. The summed E-state index contributed by atoms with van der Waals surface area (Å²) in [5.74, 6) is 0.603. The smallest absolute Gasteiger partial charge is 0.00996 e. The second-order valence-corrected chi connectivity index (χ2v) is 5.51. The molecule has 2 rings (SSSR count). The molecule has 0 saturated carbocycles. The Kier molecular flexibility index (Phi) is 3.85. The van der Waals surface area contributed by atoms with Crippen LogP contribution >= 0.6 is 0 Å². The van der Waals surface area contributed by atoms with E-state index < -0.39 is 0 Å². The van der Waals surface area contributed by atoms with Crippen molar-refractivity contribution in [3.8, 4) is 0 Å². The Morgan fingerprint density at radius 3 is 2.24 bits per heavy atom. The Morgan fingerprint density at radius 1 is 1.18 bits per heavy atom. The summed E-state index contributed by atoms with van der Waals surface area (Å²) >= 11 is 0. The topological polar surface area (TPSA) is 38.0 Å². The predicted octanol–water partition coefficient (Wildman–Crippen LogP) is 2.39. The van der Waals surface area contributed by atoms with Gasteiger partial charge in [-0.3, -0.25) is 0 Å². The molecule has 0 bridgehead atoms. The lowest BCUT2D eigenvalue weighted by atomic mass is 9.73. The molecule has 1 saturated heterocycles. The zero-order chi connectivity index (χ0) is 12.3. The second kappa shape index (κ2) is 5.19. The molecule has 0 amide bonds. The number of nitrogens with one attached hydrogen (secondary N) is 1. The molecule has 0 unspecified atom stereocenters. The van der Waals surface area contributed by atoms with Gasteiger partial charge in [0.15, 0.2) is 0 Å². The quantitative estimate of drug-likeness (QED) is 0.840. The molecule has 0 radical (unpaired) electrons. The Morgan fingerprint density at radius 2 is 1.76 bits per heavy atom.